The van der Waals surface area contributed by atoms with Crippen LogP contribution < -0.4 is 5.32 Å². The molecule has 0 atom stereocenters. The fourth-order valence-electron chi connectivity index (χ4n) is 2.64. The minimum atomic E-state index is -0.0628. The number of hydrogen-bond acceptors (Lipinski definition) is 5. The number of thiazole rings is 1. The summed E-state index contributed by atoms with van der Waals surface area (Å²) in [5, 5.41) is 5.49. The van der Waals surface area contributed by atoms with E-state index in [1.54, 1.807) is 17.5 Å². The van der Waals surface area contributed by atoms with Gasteiger partial charge in [-0.05, 0) is 11.4 Å². The van der Waals surface area contributed by atoms with Crippen LogP contribution in [0, 0.1) is 0 Å². The van der Waals surface area contributed by atoms with Gasteiger partial charge in [-0.25, -0.2) is 9.97 Å². The molecule has 0 aliphatic rings. The summed E-state index contributed by atoms with van der Waals surface area (Å²) in [5.41, 5.74) is 1.83. The van der Waals surface area contributed by atoms with Crippen molar-refractivity contribution < 1.29 is 4.79 Å². The summed E-state index contributed by atoms with van der Waals surface area (Å²) in [6.07, 6.45) is 4.02. The van der Waals surface area contributed by atoms with E-state index in [9.17, 15) is 4.79 Å². The minimum absolute atomic E-state index is 0.0628. The molecule has 1 aromatic carbocycles. The maximum atomic E-state index is 12.3. The number of anilines is 1. The zero-order chi connectivity index (χ0) is 17.9. The predicted molar refractivity (Wildman–Crippen MR) is 106 cm³/mol. The Kier molecular flexibility index (Phi) is 4.64. The Morgan fingerprint density at radius 2 is 2.04 bits per heavy atom. The van der Waals surface area contributed by atoms with Crippen molar-refractivity contribution in [3.8, 4) is 22.0 Å². The zero-order valence-corrected chi connectivity index (χ0v) is 15.7. The van der Waals surface area contributed by atoms with Gasteiger partial charge in [-0.15, -0.1) is 11.3 Å². The van der Waals surface area contributed by atoms with Gasteiger partial charge in [-0.3, -0.25) is 4.79 Å². The van der Waals surface area contributed by atoms with Gasteiger partial charge in [0.15, 0.2) is 11.0 Å². The molecular weight excluding hydrogens is 364 g/mol. The molecule has 1 N–H and O–H groups in total. The molecule has 0 bridgehead atoms. The first-order chi connectivity index (χ1) is 12.7. The van der Waals surface area contributed by atoms with E-state index in [1.165, 1.54) is 11.3 Å². The third-order valence-corrected chi connectivity index (χ3v) is 5.70. The fraction of sp³-hybridized carbons (Fsp3) is 0.105. The fourth-order valence-corrected chi connectivity index (χ4v) is 4.38. The number of hydrogen-bond donors (Lipinski definition) is 1. The predicted octanol–water partition coefficient (Wildman–Crippen LogP) is 4.45. The minimum Gasteiger partial charge on any atom is -0.333 e. The Morgan fingerprint density at radius 1 is 1.19 bits per heavy atom. The molecule has 0 aliphatic carbocycles. The second-order valence-electron chi connectivity index (χ2n) is 5.73. The molecule has 7 heteroatoms. The maximum Gasteiger partial charge on any atom is 0.231 e. The number of aromatic nitrogens is 3. The number of nitrogens with one attached hydrogen (secondary N) is 1. The van der Waals surface area contributed by atoms with E-state index in [2.05, 4.69) is 15.3 Å². The Bertz CT molecular complexity index is 1020. The quantitative estimate of drug-likeness (QED) is 0.556. The van der Waals surface area contributed by atoms with Crippen LogP contribution in [0.15, 0.2) is 60.2 Å². The molecule has 3 aromatic heterocycles. The molecule has 4 aromatic rings. The van der Waals surface area contributed by atoms with Gasteiger partial charge in [0.25, 0.3) is 0 Å². The lowest BCUT2D eigenvalue weighted by molar-refractivity contribution is -0.115. The molecule has 0 aliphatic heterocycles. The van der Waals surface area contributed by atoms with Crippen molar-refractivity contribution in [1.29, 1.82) is 0 Å². The first-order valence-corrected chi connectivity index (χ1v) is 9.76. The van der Waals surface area contributed by atoms with E-state index < -0.39 is 0 Å². The number of imidazole rings is 1. The van der Waals surface area contributed by atoms with Gasteiger partial charge in [0.2, 0.25) is 5.91 Å². The van der Waals surface area contributed by atoms with Gasteiger partial charge < -0.3 is 9.88 Å². The molecule has 0 fully saturated rings. The number of aryl methyl sites for hydroxylation is 1. The lowest BCUT2D eigenvalue weighted by Crippen LogP contribution is -2.13. The highest BCUT2D eigenvalue weighted by Gasteiger charge is 2.19. The van der Waals surface area contributed by atoms with Crippen molar-refractivity contribution in [3.05, 3.63) is 65.1 Å². The molecule has 1 amide bonds. The van der Waals surface area contributed by atoms with E-state index in [4.69, 9.17) is 0 Å². The molecule has 0 saturated heterocycles. The van der Waals surface area contributed by atoms with Crippen molar-refractivity contribution in [2.24, 2.45) is 7.05 Å². The molecule has 3 heterocycles. The van der Waals surface area contributed by atoms with E-state index >= 15 is 0 Å². The molecule has 26 heavy (non-hydrogen) atoms. The topological polar surface area (TPSA) is 59.8 Å². The second kappa shape index (κ2) is 7.23. The van der Waals surface area contributed by atoms with Crippen LogP contribution in [0.3, 0.4) is 0 Å². The third-order valence-electron chi connectivity index (χ3n) is 3.86. The molecule has 0 radical (unpaired) electrons. The summed E-state index contributed by atoms with van der Waals surface area (Å²) in [5.74, 6) is 0.771. The standard InChI is InChI=1S/C19H16N4OS2/c1-23-10-9-20-18(23)17-16(13-6-3-2-4-7-13)22-19(26-17)21-15(24)12-14-8-5-11-25-14/h2-11H,12H2,1H3,(H,21,22,24). The van der Waals surface area contributed by atoms with Crippen LogP contribution in [-0.2, 0) is 18.3 Å². The van der Waals surface area contributed by atoms with Gasteiger partial charge in [0.1, 0.15) is 0 Å². The molecule has 4 rings (SSSR count). The summed E-state index contributed by atoms with van der Waals surface area (Å²) in [4.78, 5) is 23.4. The highest BCUT2D eigenvalue weighted by Crippen LogP contribution is 2.38. The summed E-state index contributed by atoms with van der Waals surface area (Å²) >= 11 is 3.02. The number of carbonyl (C=O) groups is 1. The normalized spacial score (nSPS) is 10.8. The highest BCUT2D eigenvalue weighted by atomic mass is 32.1. The van der Waals surface area contributed by atoms with Crippen LogP contribution in [0.1, 0.15) is 4.88 Å². The van der Waals surface area contributed by atoms with Crippen LogP contribution >= 0.6 is 22.7 Å². The summed E-state index contributed by atoms with van der Waals surface area (Å²) in [6, 6.07) is 13.9. The summed E-state index contributed by atoms with van der Waals surface area (Å²) in [6.45, 7) is 0. The number of benzene rings is 1. The monoisotopic (exact) mass is 380 g/mol. The number of nitrogens with zero attached hydrogens (tertiary/aromatic N) is 3. The summed E-state index contributed by atoms with van der Waals surface area (Å²) in [7, 11) is 1.95. The van der Waals surface area contributed by atoms with Crippen LogP contribution in [0.5, 0.6) is 0 Å². The third kappa shape index (κ3) is 3.44. The Balaban J connectivity index is 1.67. The van der Waals surface area contributed by atoms with E-state index in [0.29, 0.717) is 11.6 Å². The Morgan fingerprint density at radius 3 is 2.73 bits per heavy atom. The second-order valence-corrected chi connectivity index (χ2v) is 7.76. The van der Waals surface area contributed by atoms with Crippen molar-refractivity contribution in [2.75, 3.05) is 5.32 Å². The zero-order valence-electron chi connectivity index (χ0n) is 14.0. The van der Waals surface area contributed by atoms with Crippen molar-refractivity contribution in [2.45, 2.75) is 6.42 Å². The molecule has 0 saturated carbocycles. The van der Waals surface area contributed by atoms with Crippen LogP contribution in [0.4, 0.5) is 5.13 Å². The van der Waals surface area contributed by atoms with Gasteiger partial charge in [0.05, 0.1) is 17.0 Å². The first kappa shape index (κ1) is 16.7. The van der Waals surface area contributed by atoms with Crippen molar-refractivity contribution in [3.63, 3.8) is 0 Å². The van der Waals surface area contributed by atoms with Gasteiger partial charge in [0, 0.05) is 29.9 Å². The van der Waals surface area contributed by atoms with Gasteiger partial charge >= 0.3 is 0 Å². The van der Waals surface area contributed by atoms with Crippen LogP contribution in [0.25, 0.3) is 22.0 Å². The SMILES string of the molecule is Cn1ccnc1-c1sc(NC(=O)Cc2cccs2)nc1-c1ccccc1. The summed E-state index contributed by atoms with van der Waals surface area (Å²) < 4.78 is 1.96. The lowest BCUT2D eigenvalue weighted by Gasteiger charge is -2.02. The smallest absolute Gasteiger partial charge is 0.231 e. The number of carbonyl (C=O) groups excluding carboxylic acids is 1. The first-order valence-electron chi connectivity index (χ1n) is 8.07. The number of amides is 1. The highest BCUT2D eigenvalue weighted by molar-refractivity contribution is 7.19. The molecule has 5 nitrogen and oxygen atoms in total. The van der Waals surface area contributed by atoms with Crippen molar-refractivity contribution in [1.82, 2.24) is 14.5 Å². The molecule has 130 valence electrons. The average molecular weight is 380 g/mol. The van der Waals surface area contributed by atoms with E-state index in [1.807, 2.05) is 65.7 Å². The van der Waals surface area contributed by atoms with Crippen LogP contribution in [-0.4, -0.2) is 20.4 Å². The largest absolute Gasteiger partial charge is 0.333 e. The molecule has 0 spiro atoms. The molecular formula is C19H16N4OS2. The number of rotatable bonds is 5. The number of thiophene rings is 1. The van der Waals surface area contributed by atoms with Gasteiger partial charge in [-0.1, -0.05) is 47.7 Å². The lowest BCUT2D eigenvalue weighted by atomic mass is 10.1. The Hall–Kier alpha value is -2.77. The van der Waals surface area contributed by atoms with Crippen molar-refractivity contribution >= 4 is 33.7 Å². The maximum absolute atomic E-state index is 12.3. The Labute approximate surface area is 159 Å². The van der Waals surface area contributed by atoms with Gasteiger partial charge in [-0.2, -0.15) is 0 Å². The average Bonchev–Trinajstić information content (AvgIpc) is 3.37. The van der Waals surface area contributed by atoms with Crippen LogP contribution in [0.2, 0.25) is 0 Å². The van der Waals surface area contributed by atoms with E-state index in [0.717, 1.165) is 26.8 Å². The van der Waals surface area contributed by atoms with E-state index in [-0.39, 0.29) is 5.91 Å². The molecule has 0 unspecified atom stereocenters.